The first-order valence-corrected chi connectivity index (χ1v) is 12.2. The molecule has 8 heteroatoms. The second kappa shape index (κ2) is 10.1. The number of hydrogen-bond donors (Lipinski definition) is 3. The highest BCUT2D eigenvalue weighted by Gasteiger charge is 2.38. The van der Waals surface area contributed by atoms with Crippen molar-refractivity contribution >= 4 is 18.0 Å². The van der Waals surface area contributed by atoms with E-state index in [1.807, 2.05) is 24.3 Å². The zero-order chi connectivity index (χ0) is 24.4. The number of benzene rings is 2. The summed E-state index contributed by atoms with van der Waals surface area (Å²) in [5.74, 6) is -2.05. The second-order valence-electron chi connectivity index (χ2n) is 9.63. The Kier molecular flexibility index (Phi) is 6.72. The molecule has 5 rings (SSSR count). The van der Waals surface area contributed by atoms with Gasteiger partial charge in [-0.25, -0.2) is 4.79 Å². The van der Waals surface area contributed by atoms with Crippen molar-refractivity contribution in [3.8, 4) is 11.1 Å². The van der Waals surface area contributed by atoms with Crippen LogP contribution < -0.4 is 10.6 Å². The number of rotatable bonds is 6. The van der Waals surface area contributed by atoms with Crippen molar-refractivity contribution in [2.45, 2.75) is 43.7 Å². The molecule has 0 bridgehead atoms. The summed E-state index contributed by atoms with van der Waals surface area (Å²) in [5.41, 5.74) is 4.59. The standard InChI is InChI=1S/C27H30N2O6/c30-25(28-17-7-5-6-16(12-17)26(31)32)23-13-34-15-24(23)29-27(33)35-14-22-20-10-3-1-8-18(20)19-9-2-4-11-21(19)22/h1-4,8-11,16-17,22-24H,5-7,12-15H2,(H,28,30)(H,29,33)(H,31,32)/t16-,17-,23?,24?/m1/s1. The molecule has 2 unspecified atom stereocenters. The summed E-state index contributed by atoms with van der Waals surface area (Å²) in [4.78, 5) is 36.9. The lowest BCUT2D eigenvalue weighted by atomic mass is 9.85. The van der Waals surface area contributed by atoms with E-state index in [2.05, 4.69) is 34.9 Å². The molecule has 8 nitrogen and oxygen atoms in total. The number of carboxylic acids is 1. The number of fused-ring (bicyclic) bond motifs is 3. The molecule has 2 aromatic rings. The Morgan fingerprint density at radius 1 is 0.943 bits per heavy atom. The molecular weight excluding hydrogens is 448 g/mol. The van der Waals surface area contributed by atoms with Gasteiger partial charge in [0, 0.05) is 12.0 Å². The maximum absolute atomic E-state index is 12.9. The maximum atomic E-state index is 12.9. The van der Waals surface area contributed by atoms with Crippen LogP contribution in [0.3, 0.4) is 0 Å². The SMILES string of the molecule is O=C(NC1COCC1C(=O)N[C@@H]1CCC[C@@H](C(=O)O)C1)OCC1c2ccccc2-c2ccccc21. The van der Waals surface area contributed by atoms with Crippen LogP contribution >= 0.6 is 0 Å². The van der Waals surface area contributed by atoms with Crippen LogP contribution in [0.15, 0.2) is 48.5 Å². The largest absolute Gasteiger partial charge is 0.481 e. The number of carbonyl (C=O) groups excluding carboxylic acids is 2. The van der Waals surface area contributed by atoms with E-state index in [9.17, 15) is 19.5 Å². The smallest absolute Gasteiger partial charge is 0.407 e. The molecular formula is C27H30N2O6. The van der Waals surface area contributed by atoms with Gasteiger partial charge in [0.15, 0.2) is 0 Å². The van der Waals surface area contributed by atoms with E-state index < -0.39 is 29.9 Å². The van der Waals surface area contributed by atoms with Gasteiger partial charge in [-0.1, -0.05) is 55.0 Å². The van der Waals surface area contributed by atoms with E-state index in [1.165, 1.54) is 0 Å². The minimum absolute atomic E-state index is 0.0412. The fourth-order valence-electron chi connectivity index (χ4n) is 5.60. The van der Waals surface area contributed by atoms with Crippen molar-refractivity contribution in [2.75, 3.05) is 19.8 Å². The van der Waals surface area contributed by atoms with Crippen molar-refractivity contribution in [1.29, 1.82) is 0 Å². The molecule has 35 heavy (non-hydrogen) atoms. The lowest BCUT2D eigenvalue weighted by Gasteiger charge is -2.29. The Morgan fingerprint density at radius 3 is 2.31 bits per heavy atom. The predicted molar refractivity (Wildman–Crippen MR) is 128 cm³/mol. The number of nitrogens with one attached hydrogen (secondary N) is 2. The third kappa shape index (κ3) is 4.89. The van der Waals surface area contributed by atoms with E-state index in [1.54, 1.807) is 0 Å². The summed E-state index contributed by atoms with van der Waals surface area (Å²) in [6, 6.07) is 15.6. The van der Waals surface area contributed by atoms with Crippen LogP contribution in [0.1, 0.15) is 42.7 Å². The van der Waals surface area contributed by atoms with Crippen LogP contribution in [0, 0.1) is 11.8 Å². The molecule has 0 aromatic heterocycles. The minimum Gasteiger partial charge on any atom is -0.481 e. The Labute approximate surface area is 204 Å². The van der Waals surface area contributed by atoms with Crippen LogP contribution in [-0.4, -0.2) is 55.0 Å². The van der Waals surface area contributed by atoms with Gasteiger partial charge in [-0.3, -0.25) is 9.59 Å². The molecule has 2 amide bonds. The molecule has 1 saturated carbocycles. The molecule has 2 aromatic carbocycles. The summed E-state index contributed by atoms with van der Waals surface area (Å²) in [6.45, 7) is 0.628. The molecule has 0 radical (unpaired) electrons. The molecule has 184 valence electrons. The highest BCUT2D eigenvalue weighted by molar-refractivity contribution is 5.82. The van der Waals surface area contributed by atoms with Gasteiger partial charge in [0.2, 0.25) is 5.91 Å². The van der Waals surface area contributed by atoms with Crippen LogP contribution in [0.5, 0.6) is 0 Å². The predicted octanol–water partition coefficient (Wildman–Crippen LogP) is 3.30. The molecule has 0 spiro atoms. The summed E-state index contributed by atoms with van der Waals surface area (Å²) in [6.07, 6.45) is 2.01. The van der Waals surface area contributed by atoms with E-state index in [-0.39, 0.29) is 37.7 Å². The third-order valence-corrected chi connectivity index (χ3v) is 7.43. The first-order chi connectivity index (χ1) is 17.0. The molecule has 1 heterocycles. The number of hydrogen-bond acceptors (Lipinski definition) is 5. The molecule has 2 aliphatic carbocycles. The normalized spacial score (nSPS) is 25.4. The van der Waals surface area contributed by atoms with E-state index in [0.717, 1.165) is 35.1 Å². The first kappa shape index (κ1) is 23.4. The number of alkyl carbamates (subject to hydrolysis) is 1. The molecule has 2 fully saturated rings. The van der Waals surface area contributed by atoms with Crippen molar-refractivity contribution in [3.63, 3.8) is 0 Å². The monoisotopic (exact) mass is 478 g/mol. The third-order valence-electron chi connectivity index (χ3n) is 7.43. The number of aliphatic carboxylic acids is 1. The van der Waals surface area contributed by atoms with Gasteiger partial charge in [-0.05, 0) is 41.5 Å². The fraction of sp³-hybridized carbons (Fsp3) is 0.444. The Hall–Kier alpha value is -3.39. The van der Waals surface area contributed by atoms with Gasteiger partial charge in [-0.2, -0.15) is 0 Å². The van der Waals surface area contributed by atoms with Gasteiger partial charge < -0.3 is 25.2 Å². The minimum atomic E-state index is -0.817. The Morgan fingerprint density at radius 2 is 1.63 bits per heavy atom. The molecule has 3 N–H and O–H groups in total. The second-order valence-corrected chi connectivity index (χ2v) is 9.63. The number of amides is 2. The van der Waals surface area contributed by atoms with Crippen molar-refractivity contribution in [3.05, 3.63) is 59.7 Å². The lowest BCUT2D eigenvalue weighted by Crippen LogP contribution is -2.49. The van der Waals surface area contributed by atoms with E-state index >= 15 is 0 Å². The Bertz CT molecular complexity index is 1070. The highest BCUT2D eigenvalue weighted by Crippen LogP contribution is 2.44. The van der Waals surface area contributed by atoms with Crippen LogP contribution in [0.2, 0.25) is 0 Å². The number of ether oxygens (including phenoxy) is 2. The van der Waals surface area contributed by atoms with Gasteiger partial charge in [0.1, 0.15) is 6.61 Å². The molecule has 3 aliphatic rings. The number of carboxylic acid groups (broad SMARTS) is 1. The van der Waals surface area contributed by atoms with Crippen molar-refractivity contribution in [1.82, 2.24) is 10.6 Å². The summed E-state index contributed by atoms with van der Waals surface area (Å²) in [5, 5.41) is 15.1. The number of carbonyl (C=O) groups is 3. The lowest BCUT2D eigenvalue weighted by molar-refractivity contribution is -0.143. The fourth-order valence-corrected chi connectivity index (χ4v) is 5.60. The zero-order valence-corrected chi connectivity index (χ0v) is 19.4. The van der Waals surface area contributed by atoms with Gasteiger partial charge in [0.05, 0.1) is 31.1 Å². The van der Waals surface area contributed by atoms with E-state index in [4.69, 9.17) is 9.47 Å². The quantitative estimate of drug-likeness (QED) is 0.587. The highest BCUT2D eigenvalue weighted by atomic mass is 16.5. The average Bonchev–Trinajstić information content (AvgIpc) is 3.45. The van der Waals surface area contributed by atoms with E-state index in [0.29, 0.717) is 12.8 Å². The van der Waals surface area contributed by atoms with Crippen LogP contribution in [0.4, 0.5) is 4.79 Å². The van der Waals surface area contributed by atoms with Crippen LogP contribution in [-0.2, 0) is 19.1 Å². The van der Waals surface area contributed by atoms with Crippen molar-refractivity contribution in [2.24, 2.45) is 11.8 Å². The molecule has 4 atom stereocenters. The topological polar surface area (TPSA) is 114 Å². The first-order valence-electron chi connectivity index (χ1n) is 12.2. The van der Waals surface area contributed by atoms with Gasteiger partial charge in [-0.15, -0.1) is 0 Å². The van der Waals surface area contributed by atoms with Crippen molar-refractivity contribution < 1.29 is 29.0 Å². The molecule has 1 saturated heterocycles. The Balaban J connectivity index is 1.17. The van der Waals surface area contributed by atoms with Gasteiger partial charge in [0.25, 0.3) is 0 Å². The summed E-state index contributed by atoms with van der Waals surface area (Å²) >= 11 is 0. The van der Waals surface area contributed by atoms with Crippen LogP contribution in [0.25, 0.3) is 11.1 Å². The zero-order valence-electron chi connectivity index (χ0n) is 19.4. The van der Waals surface area contributed by atoms with Gasteiger partial charge >= 0.3 is 12.1 Å². The average molecular weight is 479 g/mol. The summed E-state index contributed by atoms with van der Waals surface area (Å²) in [7, 11) is 0. The molecule has 1 aliphatic heterocycles. The maximum Gasteiger partial charge on any atom is 0.407 e. The summed E-state index contributed by atoms with van der Waals surface area (Å²) < 4.78 is 11.1.